The second-order valence-electron chi connectivity index (χ2n) is 15.3. The number of para-hydroxylation sites is 2. The fraction of sp³-hybridized carbons (Fsp3) is 0. The summed E-state index contributed by atoms with van der Waals surface area (Å²) in [7, 11) is 0. The predicted octanol–water partition coefficient (Wildman–Crippen LogP) is 16.6. The van der Waals surface area contributed by atoms with Crippen LogP contribution in [0.3, 0.4) is 0 Å². The number of hydrogen-bond acceptors (Lipinski definition) is 2. The average Bonchev–Trinajstić information content (AvgIpc) is 3.32. The zero-order valence-corrected chi connectivity index (χ0v) is 33.0. The molecule has 0 aromatic heterocycles. The summed E-state index contributed by atoms with van der Waals surface area (Å²) in [5, 5.41) is 9.85. The van der Waals surface area contributed by atoms with Gasteiger partial charge in [0, 0.05) is 34.1 Å². The minimum absolute atomic E-state index is 1.11. The van der Waals surface area contributed by atoms with E-state index in [1.165, 1.54) is 65.3 Å². The summed E-state index contributed by atoms with van der Waals surface area (Å²) >= 11 is 0. The first-order valence-electron chi connectivity index (χ1n) is 20.6. The van der Waals surface area contributed by atoms with E-state index in [4.69, 9.17) is 0 Å². The molecule has 0 heterocycles. The molecule has 0 amide bonds. The summed E-state index contributed by atoms with van der Waals surface area (Å²) < 4.78 is 0. The second-order valence-corrected chi connectivity index (χ2v) is 15.3. The average molecular weight is 765 g/mol. The molecule has 0 bridgehead atoms. The SMILES string of the molecule is c1ccc(N(c2ccc(-c3c4ccccc4c(-c4ccc(N(c5ccccc5)c5ccc6ccccc6c5)cc4)c4ccccc34)cc2)c2ccc3ccccc3c2)cc1. The topological polar surface area (TPSA) is 6.48 Å². The minimum Gasteiger partial charge on any atom is -0.310 e. The van der Waals surface area contributed by atoms with Crippen LogP contribution in [0.1, 0.15) is 0 Å². The molecule has 0 radical (unpaired) electrons. The molecule has 11 aromatic rings. The molecule has 60 heavy (non-hydrogen) atoms. The van der Waals surface area contributed by atoms with Gasteiger partial charge in [0.2, 0.25) is 0 Å². The van der Waals surface area contributed by atoms with E-state index in [2.05, 4.69) is 252 Å². The Morgan fingerprint density at radius 2 is 0.483 bits per heavy atom. The highest BCUT2D eigenvalue weighted by atomic mass is 15.1. The van der Waals surface area contributed by atoms with Crippen molar-refractivity contribution in [1.29, 1.82) is 0 Å². The van der Waals surface area contributed by atoms with Crippen molar-refractivity contribution in [1.82, 2.24) is 0 Å². The van der Waals surface area contributed by atoms with Gasteiger partial charge in [-0.3, -0.25) is 0 Å². The molecular formula is C58H40N2. The molecule has 282 valence electrons. The Morgan fingerprint density at radius 3 is 0.850 bits per heavy atom. The molecule has 0 saturated carbocycles. The lowest BCUT2D eigenvalue weighted by Crippen LogP contribution is -2.09. The van der Waals surface area contributed by atoms with Gasteiger partial charge in [0.1, 0.15) is 0 Å². The van der Waals surface area contributed by atoms with Crippen molar-refractivity contribution in [2.24, 2.45) is 0 Å². The monoisotopic (exact) mass is 764 g/mol. The van der Waals surface area contributed by atoms with Crippen LogP contribution in [0.2, 0.25) is 0 Å². The normalized spacial score (nSPS) is 11.3. The zero-order valence-electron chi connectivity index (χ0n) is 33.0. The van der Waals surface area contributed by atoms with Crippen molar-refractivity contribution in [2.45, 2.75) is 0 Å². The van der Waals surface area contributed by atoms with Crippen LogP contribution >= 0.6 is 0 Å². The molecule has 11 aromatic carbocycles. The van der Waals surface area contributed by atoms with Crippen LogP contribution in [-0.4, -0.2) is 0 Å². The first-order chi connectivity index (χ1) is 29.8. The molecular weight excluding hydrogens is 725 g/mol. The van der Waals surface area contributed by atoms with E-state index in [0.717, 1.165) is 34.1 Å². The lowest BCUT2D eigenvalue weighted by molar-refractivity contribution is 1.29. The molecule has 0 fully saturated rings. The van der Waals surface area contributed by atoms with Gasteiger partial charge in [-0.2, -0.15) is 0 Å². The summed E-state index contributed by atoms with van der Waals surface area (Å²) in [4.78, 5) is 4.69. The lowest BCUT2D eigenvalue weighted by Gasteiger charge is -2.26. The van der Waals surface area contributed by atoms with Crippen LogP contribution in [0.4, 0.5) is 34.1 Å². The highest BCUT2D eigenvalue weighted by Gasteiger charge is 2.19. The number of rotatable bonds is 8. The molecule has 0 N–H and O–H groups in total. The molecule has 2 heteroatoms. The molecule has 2 nitrogen and oxygen atoms in total. The van der Waals surface area contributed by atoms with Crippen molar-refractivity contribution < 1.29 is 0 Å². The third-order valence-corrected chi connectivity index (χ3v) is 11.8. The highest BCUT2D eigenvalue weighted by Crippen LogP contribution is 2.46. The third kappa shape index (κ3) is 6.32. The fourth-order valence-electron chi connectivity index (χ4n) is 8.98. The molecule has 0 saturated heterocycles. The van der Waals surface area contributed by atoms with Crippen molar-refractivity contribution in [3.8, 4) is 22.3 Å². The van der Waals surface area contributed by atoms with Crippen LogP contribution in [0, 0.1) is 0 Å². The molecule has 0 unspecified atom stereocenters. The van der Waals surface area contributed by atoms with Crippen LogP contribution in [-0.2, 0) is 0 Å². The summed E-state index contributed by atoms with van der Waals surface area (Å²) in [6, 6.07) is 87.9. The largest absolute Gasteiger partial charge is 0.310 e. The Labute approximate surface area is 350 Å². The van der Waals surface area contributed by atoms with Crippen molar-refractivity contribution in [3.05, 3.63) is 243 Å². The van der Waals surface area contributed by atoms with E-state index >= 15 is 0 Å². The smallest absolute Gasteiger partial charge is 0.0468 e. The lowest BCUT2D eigenvalue weighted by atomic mass is 9.86. The molecule has 0 atom stereocenters. The standard InChI is InChI=1S/C58H40N2/c1-3-19-47(20-4-1)59(51-37-27-41-15-7-9-17-45(41)39-51)49-33-29-43(30-34-49)57-53-23-11-13-25-55(53)58(56-26-14-12-24-54(56)57)44-31-35-50(36-32-44)60(48-21-5-2-6-22-48)52-38-28-42-16-8-10-18-46(42)40-52/h1-40H. The maximum Gasteiger partial charge on any atom is 0.0468 e. The molecule has 0 aliphatic carbocycles. The Bertz CT molecular complexity index is 3020. The predicted molar refractivity (Wildman–Crippen MR) is 257 cm³/mol. The van der Waals surface area contributed by atoms with Crippen molar-refractivity contribution in [3.63, 3.8) is 0 Å². The van der Waals surface area contributed by atoms with E-state index < -0.39 is 0 Å². The quantitative estimate of drug-likeness (QED) is 0.142. The zero-order chi connectivity index (χ0) is 39.8. The number of hydrogen-bond donors (Lipinski definition) is 0. The minimum atomic E-state index is 1.11. The van der Waals surface area contributed by atoms with Crippen molar-refractivity contribution in [2.75, 3.05) is 9.80 Å². The molecule has 0 aliphatic heterocycles. The molecule has 11 rings (SSSR count). The van der Waals surface area contributed by atoms with E-state index in [1.54, 1.807) is 0 Å². The van der Waals surface area contributed by atoms with Crippen molar-refractivity contribution >= 4 is 77.2 Å². The number of anilines is 6. The number of benzene rings is 11. The van der Waals surface area contributed by atoms with Gasteiger partial charge in [-0.25, -0.2) is 0 Å². The maximum atomic E-state index is 2.35. The van der Waals surface area contributed by atoms with Crippen LogP contribution < -0.4 is 9.80 Å². The van der Waals surface area contributed by atoms with Gasteiger partial charge in [-0.05, 0) is 138 Å². The second kappa shape index (κ2) is 15.1. The Kier molecular flexibility index (Phi) is 8.87. The first kappa shape index (κ1) is 35.2. The fourth-order valence-corrected chi connectivity index (χ4v) is 8.98. The van der Waals surface area contributed by atoms with Crippen LogP contribution in [0.15, 0.2) is 243 Å². The van der Waals surface area contributed by atoms with Gasteiger partial charge in [-0.15, -0.1) is 0 Å². The van der Waals surface area contributed by atoms with E-state index in [0.29, 0.717) is 0 Å². The number of nitrogens with zero attached hydrogens (tertiary/aromatic N) is 2. The van der Waals surface area contributed by atoms with Gasteiger partial charge in [-0.1, -0.05) is 170 Å². The van der Waals surface area contributed by atoms with Crippen LogP contribution in [0.5, 0.6) is 0 Å². The summed E-state index contributed by atoms with van der Waals surface area (Å²) in [6.07, 6.45) is 0. The Balaban J connectivity index is 1.02. The van der Waals surface area contributed by atoms with E-state index in [9.17, 15) is 0 Å². The van der Waals surface area contributed by atoms with Gasteiger partial charge < -0.3 is 9.80 Å². The van der Waals surface area contributed by atoms with Gasteiger partial charge in [0.05, 0.1) is 0 Å². The summed E-state index contributed by atoms with van der Waals surface area (Å²) in [6.45, 7) is 0. The maximum absolute atomic E-state index is 2.35. The van der Waals surface area contributed by atoms with Gasteiger partial charge >= 0.3 is 0 Å². The first-order valence-corrected chi connectivity index (χ1v) is 20.6. The molecule has 0 aliphatic rings. The van der Waals surface area contributed by atoms with E-state index in [-0.39, 0.29) is 0 Å². The van der Waals surface area contributed by atoms with Gasteiger partial charge in [0.15, 0.2) is 0 Å². The number of fused-ring (bicyclic) bond motifs is 4. The summed E-state index contributed by atoms with van der Waals surface area (Å²) in [5.74, 6) is 0. The summed E-state index contributed by atoms with van der Waals surface area (Å²) in [5.41, 5.74) is 11.6. The molecule has 0 spiro atoms. The third-order valence-electron chi connectivity index (χ3n) is 11.8. The highest BCUT2D eigenvalue weighted by molar-refractivity contribution is 6.21. The Hall–Kier alpha value is -7.94. The van der Waals surface area contributed by atoms with E-state index in [1.807, 2.05) is 0 Å². The Morgan fingerprint density at radius 1 is 0.200 bits per heavy atom. The van der Waals surface area contributed by atoms with Crippen LogP contribution in [0.25, 0.3) is 65.3 Å². The van der Waals surface area contributed by atoms with Gasteiger partial charge in [0.25, 0.3) is 0 Å².